The fourth-order valence-electron chi connectivity index (χ4n) is 3.56. The standard InChI is InChI=1S/C21H24N4O7S/c1-21(11-13-6-4-5-7-15(13)31-2)19(27)25(20(28)24-21)12-18(26)23-14-8-9-16(32-3)17(10-14)33(22,29)30/h4-10H,11-12H2,1-3H3,(H,23,26)(H,24,28)(H2,22,29,30)/t21-/m1/s1. The molecule has 12 heteroatoms. The molecule has 0 aliphatic carbocycles. The first-order valence-corrected chi connectivity index (χ1v) is 11.3. The van der Waals surface area contributed by atoms with Crippen LogP contribution in [0.3, 0.4) is 0 Å². The van der Waals surface area contributed by atoms with Gasteiger partial charge in [-0.25, -0.2) is 18.4 Å². The largest absolute Gasteiger partial charge is 0.496 e. The maximum Gasteiger partial charge on any atom is 0.325 e. The summed E-state index contributed by atoms with van der Waals surface area (Å²) < 4.78 is 33.8. The molecular weight excluding hydrogens is 452 g/mol. The third-order valence-electron chi connectivity index (χ3n) is 5.14. The molecule has 1 aliphatic heterocycles. The number of nitrogens with one attached hydrogen (secondary N) is 2. The van der Waals surface area contributed by atoms with Gasteiger partial charge in [0.25, 0.3) is 5.91 Å². The van der Waals surface area contributed by atoms with E-state index in [1.807, 2.05) is 0 Å². The maximum atomic E-state index is 13.0. The summed E-state index contributed by atoms with van der Waals surface area (Å²) in [5, 5.41) is 10.3. The number of imide groups is 1. The lowest BCUT2D eigenvalue weighted by Crippen LogP contribution is -2.46. The molecule has 2 aromatic rings. The zero-order valence-electron chi connectivity index (χ0n) is 18.2. The number of sulfonamides is 1. The van der Waals surface area contributed by atoms with Crippen molar-refractivity contribution in [2.45, 2.75) is 23.8 Å². The number of methoxy groups -OCH3 is 2. The first kappa shape index (κ1) is 24.0. The second-order valence-corrected chi connectivity index (χ2v) is 9.13. The Bertz CT molecular complexity index is 1210. The fraction of sp³-hybridized carbons (Fsp3) is 0.286. The lowest BCUT2D eigenvalue weighted by molar-refractivity contribution is -0.133. The number of benzene rings is 2. The Kier molecular flexibility index (Phi) is 6.60. The van der Waals surface area contributed by atoms with Gasteiger partial charge in [0.15, 0.2) is 0 Å². The van der Waals surface area contributed by atoms with E-state index in [0.29, 0.717) is 5.75 Å². The highest BCUT2D eigenvalue weighted by molar-refractivity contribution is 7.89. The van der Waals surface area contributed by atoms with E-state index in [1.54, 1.807) is 31.2 Å². The van der Waals surface area contributed by atoms with E-state index < -0.39 is 40.0 Å². The van der Waals surface area contributed by atoms with Gasteiger partial charge in [0.05, 0.1) is 14.2 Å². The highest BCUT2D eigenvalue weighted by Gasteiger charge is 2.48. The van der Waals surface area contributed by atoms with E-state index in [0.717, 1.165) is 16.5 Å². The minimum atomic E-state index is -4.11. The molecule has 0 radical (unpaired) electrons. The predicted molar refractivity (Wildman–Crippen MR) is 118 cm³/mol. The SMILES string of the molecule is COc1ccccc1C[C@@]1(C)NC(=O)N(CC(=O)Nc2ccc(OC)c(S(N)(=O)=O)c2)C1=O. The number of hydrogen-bond donors (Lipinski definition) is 3. The summed E-state index contributed by atoms with van der Waals surface area (Å²) in [6.07, 6.45) is 0.163. The predicted octanol–water partition coefficient (Wildman–Crippen LogP) is 0.843. The Morgan fingerprint density at radius 2 is 1.79 bits per heavy atom. The Morgan fingerprint density at radius 3 is 2.42 bits per heavy atom. The molecule has 33 heavy (non-hydrogen) atoms. The highest BCUT2D eigenvalue weighted by atomic mass is 32.2. The second-order valence-electron chi connectivity index (χ2n) is 7.60. The van der Waals surface area contributed by atoms with Crippen molar-refractivity contribution < 1.29 is 32.3 Å². The topological polar surface area (TPSA) is 157 Å². The lowest BCUT2D eigenvalue weighted by Gasteiger charge is -2.22. The Balaban J connectivity index is 1.74. The molecule has 0 unspecified atom stereocenters. The third-order valence-corrected chi connectivity index (χ3v) is 6.07. The van der Waals surface area contributed by atoms with Crippen LogP contribution in [-0.4, -0.2) is 57.5 Å². The van der Waals surface area contributed by atoms with Gasteiger partial charge in [-0.15, -0.1) is 0 Å². The molecule has 4 N–H and O–H groups in total. The van der Waals surface area contributed by atoms with Crippen LogP contribution >= 0.6 is 0 Å². The molecule has 1 aliphatic rings. The van der Waals surface area contributed by atoms with Gasteiger partial charge in [0.1, 0.15) is 28.5 Å². The first-order valence-electron chi connectivity index (χ1n) is 9.75. The molecule has 1 fully saturated rings. The molecule has 176 valence electrons. The molecule has 1 saturated heterocycles. The van der Waals surface area contributed by atoms with Gasteiger partial charge < -0.3 is 20.1 Å². The molecule has 11 nitrogen and oxygen atoms in total. The van der Waals surface area contributed by atoms with Crippen LogP contribution in [0.1, 0.15) is 12.5 Å². The summed E-state index contributed by atoms with van der Waals surface area (Å²) in [4.78, 5) is 38.5. The van der Waals surface area contributed by atoms with Crippen LogP contribution in [0.5, 0.6) is 11.5 Å². The number of nitrogens with zero attached hydrogens (tertiary/aromatic N) is 1. The summed E-state index contributed by atoms with van der Waals surface area (Å²) in [5.74, 6) is -0.696. The number of carbonyl (C=O) groups is 3. The molecule has 0 spiro atoms. The maximum absolute atomic E-state index is 13.0. The van der Waals surface area contributed by atoms with Crippen molar-refractivity contribution in [1.29, 1.82) is 0 Å². The summed E-state index contributed by atoms with van der Waals surface area (Å²) in [6, 6.07) is 10.3. The Hall–Kier alpha value is -3.64. The van der Waals surface area contributed by atoms with Crippen LogP contribution in [0.2, 0.25) is 0 Å². The molecule has 0 saturated carbocycles. The van der Waals surface area contributed by atoms with E-state index in [-0.39, 0.29) is 22.8 Å². The zero-order chi connectivity index (χ0) is 24.4. The van der Waals surface area contributed by atoms with Crippen LogP contribution in [0, 0.1) is 0 Å². The zero-order valence-corrected chi connectivity index (χ0v) is 19.1. The van der Waals surface area contributed by atoms with Gasteiger partial charge in [0.2, 0.25) is 15.9 Å². The molecule has 0 bridgehead atoms. The Labute approximate surface area is 190 Å². The van der Waals surface area contributed by atoms with Gasteiger partial charge in [-0.05, 0) is 36.8 Å². The van der Waals surface area contributed by atoms with Crippen molar-refractivity contribution in [2.24, 2.45) is 5.14 Å². The quantitative estimate of drug-likeness (QED) is 0.477. The first-order chi connectivity index (χ1) is 15.5. The fourth-order valence-corrected chi connectivity index (χ4v) is 4.28. The normalized spacial score (nSPS) is 18.1. The molecule has 1 atom stereocenters. The number of ether oxygens (including phenoxy) is 2. The summed E-state index contributed by atoms with van der Waals surface area (Å²) in [5.41, 5.74) is -0.447. The molecule has 3 rings (SSSR count). The van der Waals surface area contributed by atoms with E-state index in [2.05, 4.69) is 10.6 Å². The number of rotatable bonds is 8. The highest BCUT2D eigenvalue weighted by Crippen LogP contribution is 2.28. The van der Waals surface area contributed by atoms with Crippen LogP contribution in [0.4, 0.5) is 10.5 Å². The number of nitrogens with two attached hydrogens (primary N) is 1. The molecule has 0 aromatic heterocycles. The number of carbonyl (C=O) groups excluding carboxylic acids is 3. The van der Waals surface area contributed by atoms with Crippen LogP contribution < -0.4 is 25.2 Å². The van der Waals surface area contributed by atoms with Crippen LogP contribution in [-0.2, 0) is 26.0 Å². The molecule has 4 amide bonds. The van der Waals surface area contributed by atoms with Gasteiger partial charge in [-0.1, -0.05) is 18.2 Å². The molecule has 1 heterocycles. The number of amides is 4. The Morgan fingerprint density at radius 1 is 1.12 bits per heavy atom. The second kappa shape index (κ2) is 9.08. The van der Waals surface area contributed by atoms with Crippen molar-refractivity contribution >= 4 is 33.6 Å². The third kappa shape index (κ3) is 5.07. The van der Waals surface area contributed by atoms with Gasteiger partial charge >= 0.3 is 6.03 Å². The van der Waals surface area contributed by atoms with Crippen molar-refractivity contribution in [3.63, 3.8) is 0 Å². The van der Waals surface area contributed by atoms with E-state index in [4.69, 9.17) is 14.6 Å². The summed E-state index contributed by atoms with van der Waals surface area (Å²) >= 11 is 0. The van der Waals surface area contributed by atoms with Crippen molar-refractivity contribution in [1.82, 2.24) is 10.2 Å². The summed E-state index contributed by atoms with van der Waals surface area (Å²) in [7, 11) is -1.32. The average molecular weight is 477 g/mol. The smallest absolute Gasteiger partial charge is 0.325 e. The van der Waals surface area contributed by atoms with Crippen molar-refractivity contribution in [3.05, 3.63) is 48.0 Å². The van der Waals surface area contributed by atoms with Gasteiger partial charge in [-0.2, -0.15) is 0 Å². The molecule has 2 aromatic carbocycles. The van der Waals surface area contributed by atoms with Crippen molar-refractivity contribution in [2.75, 3.05) is 26.1 Å². The summed E-state index contributed by atoms with van der Waals surface area (Å²) in [6.45, 7) is 1.00. The average Bonchev–Trinajstić information content (AvgIpc) is 2.96. The molecular formula is C21H24N4O7S. The number of primary sulfonamides is 1. The van der Waals surface area contributed by atoms with E-state index in [9.17, 15) is 22.8 Å². The van der Waals surface area contributed by atoms with Gasteiger partial charge in [-0.3, -0.25) is 14.5 Å². The van der Waals surface area contributed by atoms with Crippen LogP contribution in [0.15, 0.2) is 47.4 Å². The number of anilines is 1. The minimum absolute atomic E-state index is 0.0108. The van der Waals surface area contributed by atoms with E-state index >= 15 is 0 Å². The van der Waals surface area contributed by atoms with Gasteiger partial charge in [0, 0.05) is 12.1 Å². The van der Waals surface area contributed by atoms with Crippen LogP contribution in [0.25, 0.3) is 0 Å². The number of para-hydroxylation sites is 1. The van der Waals surface area contributed by atoms with Crippen molar-refractivity contribution in [3.8, 4) is 11.5 Å². The van der Waals surface area contributed by atoms with E-state index in [1.165, 1.54) is 26.4 Å². The number of urea groups is 1. The minimum Gasteiger partial charge on any atom is -0.496 e. The number of hydrogen-bond acceptors (Lipinski definition) is 7. The monoisotopic (exact) mass is 476 g/mol. The lowest BCUT2D eigenvalue weighted by atomic mass is 9.92.